The summed E-state index contributed by atoms with van der Waals surface area (Å²) in [6, 6.07) is 2.42. The van der Waals surface area contributed by atoms with E-state index in [4.69, 9.17) is 0 Å². The van der Waals surface area contributed by atoms with Crippen LogP contribution < -0.4 is 0 Å². The van der Waals surface area contributed by atoms with Crippen LogP contribution in [0.2, 0.25) is 0 Å². The van der Waals surface area contributed by atoms with E-state index in [0.29, 0.717) is 17.8 Å². The summed E-state index contributed by atoms with van der Waals surface area (Å²) >= 11 is 1.97. The van der Waals surface area contributed by atoms with Gasteiger partial charge in [-0.1, -0.05) is 51.6 Å². The number of hydrogen-bond acceptors (Lipinski definition) is 1. The first kappa shape index (κ1) is 14.7. The molecular formula is C18H26S. The second-order valence-corrected chi connectivity index (χ2v) is 7.71. The maximum absolute atomic E-state index is 2.47. The summed E-state index contributed by atoms with van der Waals surface area (Å²) in [5.41, 5.74) is 6.06. The highest BCUT2D eigenvalue weighted by atomic mass is 32.2. The van der Waals surface area contributed by atoms with Crippen molar-refractivity contribution in [2.24, 2.45) is 5.92 Å². The van der Waals surface area contributed by atoms with Crippen LogP contribution in [0.4, 0.5) is 0 Å². The van der Waals surface area contributed by atoms with Gasteiger partial charge >= 0.3 is 0 Å². The highest BCUT2D eigenvalue weighted by Crippen LogP contribution is 2.48. The second kappa shape index (κ2) is 5.36. The van der Waals surface area contributed by atoms with Crippen LogP contribution in [-0.2, 0) is 0 Å². The van der Waals surface area contributed by atoms with E-state index in [0.717, 1.165) is 0 Å². The molecule has 0 spiro atoms. The average molecular weight is 274 g/mol. The number of allylic oxidation sites excluding steroid dienone is 2. The third-order valence-corrected chi connectivity index (χ3v) is 5.40. The zero-order chi connectivity index (χ0) is 14.3. The highest BCUT2D eigenvalue weighted by Gasteiger charge is 2.27. The van der Waals surface area contributed by atoms with E-state index in [1.165, 1.54) is 20.9 Å². The van der Waals surface area contributed by atoms with Gasteiger partial charge in [0.05, 0.1) is 0 Å². The van der Waals surface area contributed by atoms with Crippen LogP contribution in [0, 0.1) is 19.8 Å². The van der Waals surface area contributed by atoms with Crippen LogP contribution in [0.5, 0.6) is 0 Å². The minimum Gasteiger partial charge on any atom is -0.0946 e. The molecule has 0 saturated carbocycles. The maximum atomic E-state index is 2.47. The lowest BCUT2D eigenvalue weighted by Gasteiger charge is -2.31. The van der Waals surface area contributed by atoms with Gasteiger partial charge < -0.3 is 0 Å². The van der Waals surface area contributed by atoms with Crippen molar-refractivity contribution in [1.29, 1.82) is 0 Å². The molecule has 0 saturated heterocycles. The van der Waals surface area contributed by atoms with Crippen molar-refractivity contribution >= 4 is 11.8 Å². The summed E-state index contributed by atoms with van der Waals surface area (Å²) in [6.07, 6.45) is 2.47. The first-order valence-electron chi connectivity index (χ1n) is 7.33. The quantitative estimate of drug-likeness (QED) is 0.621. The van der Waals surface area contributed by atoms with Gasteiger partial charge in [-0.25, -0.2) is 0 Å². The number of rotatable bonds is 2. The zero-order valence-corrected chi connectivity index (χ0v) is 14.1. The van der Waals surface area contributed by atoms with Crippen molar-refractivity contribution in [1.82, 2.24) is 0 Å². The maximum Gasteiger partial charge on any atom is 0.0191 e. The molecule has 1 heterocycles. The normalized spacial score (nSPS) is 18.8. The van der Waals surface area contributed by atoms with Crippen LogP contribution in [-0.4, -0.2) is 0 Å². The number of thioether (sulfide) groups is 1. The molecule has 0 nitrogen and oxygen atoms in total. The van der Waals surface area contributed by atoms with Crippen LogP contribution in [0.25, 0.3) is 0 Å². The molecule has 1 heteroatoms. The van der Waals surface area contributed by atoms with Gasteiger partial charge in [0.2, 0.25) is 0 Å². The molecule has 1 atom stereocenters. The summed E-state index contributed by atoms with van der Waals surface area (Å²) in [7, 11) is 0. The van der Waals surface area contributed by atoms with Gasteiger partial charge in [0.25, 0.3) is 0 Å². The van der Waals surface area contributed by atoms with Gasteiger partial charge in [-0.2, -0.15) is 0 Å². The first-order valence-corrected chi connectivity index (χ1v) is 8.14. The Morgan fingerprint density at radius 1 is 1.05 bits per heavy atom. The molecule has 1 aliphatic rings. The Labute approximate surface area is 122 Å². The smallest absolute Gasteiger partial charge is 0.0191 e. The standard InChI is InChI=1S/C18H26S/c1-10(2)15-8-12(5)14(7)18-17(15)16(11(3)4)9-13(6)19-18/h8-11,16H,1-7H3. The molecule has 104 valence electrons. The predicted molar refractivity (Wildman–Crippen MR) is 87.2 cm³/mol. The monoisotopic (exact) mass is 274 g/mol. The van der Waals surface area contributed by atoms with Gasteiger partial charge in [0.15, 0.2) is 0 Å². The lowest BCUT2D eigenvalue weighted by atomic mass is 9.80. The Hall–Kier alpha value is -0.690. The summed E-state index contributed by atoms with van der Waals surface area (Å²) in [4.78, 5) is 2.98. The number of fused-ring (bicyclic) bond motifs is 1. The zero-order valence-electron chi connectivity index (χ0n) is 13.3. The Bertz CT molecular complexity index is 521. The van der Waals surface area contributed by atoms with E-state index in [1.54, 1.807) is 11.1 Å². The molecule has 1 unspecified atom stereocenters. The fourth-order valence-corrected chi connectivity index (χ4v) is 4.16. The van der Waals surface area contributed by atoms with Gasteiger partial charge in [0.1, 0.15) is 0 Å². The van der Waals surface area contributed by atoms with Crippen molar-refractivity contribution in [2.45, 2.75) is 65.2 Å². The minimum absolute atomic E-state index is 0.577. The van der Waals surface area contributed by atoms with E-state index >= 15 is 0 Å². The van der Waals surface area contributed by atoms with Crippen LogP contribution in [0.15, 0.2) is 21.9 Å². The Kier molecular flexibility index (Phi) is 4.15. The molecule has 19 heavy (non-hydrogen) atoms. The summed E-state index contributed by atoms with van der Waals surface area (Å²) in [5.74, 6) is 1.84. The van der Waals surface area contributed by atoms with Gasteiger partial charge in [-0.3, -0.25) is 0 Å². The average Bonchev–Trinajstić information content (AvgIpc) is 2.32. The Balaban J connectivity index is 2.73. The predicted octanol–water partition coefficient (Wildman–Crippen LogP) is 6.18. The Morgan fingerprint density at radius 3 is 2.21 bits per heavy atom. The van der Waals surface area contributed by atoms with Gasteiger partial charge in [-0.15, -0.1) is 0 Å². The summed E-state index contributed by atoms with van der Waals surface area (Å²) in [5, 5.41) is 0. The van der Waals surface area contributed by atoms with Crippen molar-refractivity contribution in [3.63, 3.8) is 0 Å². The molecule has 0 bridgehead atoms. The van der Waals surface area contributed by atoms with E-state index in [9.17, 15) is 0 Å². The van der Waals surface area contributed by atoms with E-state index in [-0.39, 0.29) is 0 Å². The highest BCUT2D eigenvalue weighted by molar-refractivity contribution is 8.03. The van der Waals surface area contributed by atoms with Gasteiger partial charge in [0, 0.05) is 10.8 Å². The summed E-state index contributed by atoms with van der Waals surface area (Å²) in [6.45, 7) is 16.1. The lowest BCUT2D eigenvalue weighted by Crippen LogP contribution is -2.14. The molecular weight excluding hydrogens is 248 g/mol. The van der Waals surface area contributed by atoms with E-state index in [1.807, 2.05) is 11.8 Å². The molecule has 0 N–H and O–H groups in total. The largest absolute Gasteiger partial charge is 0.0946 e. The Morgan fingerprint density at radius 2 is 1.68 bits per heavy atom. The van der Waals surface area contributed by atoms with E-state index in [2.05, 4.69) is 60.6 Å². The van der Waals surface area contributed by atoms with Gasteiger partial charge in [-0.05, 0) is 59.8 Å². The van der Waals surface area contributed by atoms with Crippen molar-refractivity contribution < 1.29 is 0 Å². The molecule has 0 fully saturated rings. The molecule has 0 aliphatic carbocycles. The SMILES string of the molecule is CC1=CC(C(C)C)c2c(C(C)C)cc(C)c(C)c2S1. The fraction of sp³-hybridized carbons (Fsp3) is 0.556. The fourth-order valence-electron chi connectivity index (χ4n) is 2.94. The van der Waals surface area contributed by atoms with Crippen molar-refractivity contribution in [3.05, 3.63) is 39.3 Å². The van der Waals surface area contributed by atoms with Crippen molar-refractivity contribution in [3.8, 4) is 0 Å². The number of aryl methyl sites for hydroxylation is 1. The third kappa shape index (κ3) is 2.63. The number of hydrogen-bond donors (Lipinski definition) is 0. The van der Waals surface area contributed by atoms with Crippen LogP contribution in [0.1, 0.15) is 68.7 Å². The van der Waals surface area contributed by atoms with Crippen LogP contribution >= 0.6 is 11.8 Å². The molecule has 0 radical (unpaired) electrons. The second-order valence-electron chi connectivity index (χ2n) is 6.45. The third-order valence-electron chi connectivity index (χ3n) is 4.21. The van der Waals surface area contributed by atoms with Crippen LogP contribution in [0.3, 0.4) is 0 Å². The first-order chi connectivity index (χ1) is 8.82. The summed E-state index contributed by atoms with van der Waals surface area (Å²) < 4.78 is 0. The minimum atomic E-state index is 0.577. The molecule has 2 rings (SSSR count). The molecule has 1 aliphatic heterocycles. The molecule has 1 aromatic rings. The molecule has 0 aromatic heterocycles. The van der Waals surface area contributed by atoms with E-state index < -0.39 is 0 Å². The van der Waals surface area contributed by atoms with Crippen molar-refractivity contribution in [2.75, 3.05) is 0 Å². The lowest BCUT2D eigenvalue weighted by molar-refractivity contribution is 0.559. The molecule has 1 aromatic carbocycles. The number of benzene rings is 1. The molecule has 0 amide bonds. The topological polar surface area (TPSA) is 0 Å².